The van der Waals surface area contributed by atoms with E-state index in [1.807, 2.05) is 0 Å². The van der Waals surface area contributed by atoms with Crippen molar-refractivity contribution in [2.24, 2.45) is 5.73 Å². The van der Waals surface area contributed by atoms with Crippen molar-refractivity contribution in [3.63, 3.8) is 0 Å². The summed E-state index contributed by atoms with van der Waals surface area (Å²) in [5.74, 6) is 6.52. The minimum Gasteiger partial charge on any atom is -0.497 e. The molecule has 1 aromatic carbocycles. The Bertz CT molecular complexity index is 1460. The van der Waals surface area contributed by atoms with Crippen LogP contribution in [0.25, 0.3) is 11.0 Å². The number of hydrogen-bond donors (Lipinski definition) is 1. The molecule has 1 atom stereocenters. The van der Waals surface area contributed by atoms with Gasteiger partial charge in [-0.05, 0) is 31.9 Å². The van der Waals surface area contributed by atoms with Crippen LogP contribution >= 0.6 is 0 Å². The van der Waals surface area contributed by atoms with Gasteiger partial charge in [0.2, 0.25) is 0 Å². The number of piperidine rings is 1. The zero-order chi connectivity index (χ0) is 26.7. The molecule has 194 valence electrons. The highest BCUT2D eigenvalue weighted by Gasteiger charge is 2.32. The molecule has 10 nitrogen and oxygen atoms in total. The van der Waals surface area contributed by atoms with Gasteiger partial charge in [0.15, 0.2) is 5.78 Å². The Hall–Kier alpha value is -4.10. The van der Waals surface area contributed by atoms with E-state index in [4.69, 9.17) is 10.5 Å². The van der Waals surface area contributed by atoms with Crippen LogP contribution in [0.2, 0.25) is 0 Å². The van der Waals surface area contributed by atoms with Crippen LogP contribution in [-0.4, -0.2) is 71.0 Å². The number of hydrogen-bond acceptors (Lipinski definition) is 7. The quantitative estimate of drug-likeness (QED) is 0.385. The van der Waals surface area contributed by atoms with Crippen molar-refractivity contribution in [3.8, 4) is 17.6 Å². The Morgan fingerprint density at radius 2 is 2.08 bits per heavy atom. The van der Waals surface area contributed by atoms with Gasteiger partial charge in [-0.3, -0.25) is 19.0 Å². The van der Waals surface area contributed by atoms with Crippen molar-refractivity contribution in [1.82, 2.24) is 19.0 Å². The van der Waals surface area contributed by atoms with Gasteiger partial charge in [-0.1, -0.05) is 18.1 Å². The van der Waals surface area contributed by atoms with Crippen LogP contribution in [0.3, 0.4) is 0 Å². The van der Waals surface area contributed by atoms with Crippen LogP contribution in [0, 0.1) is 11.8 Å². The van der Waals surface area contributed by atoms with E-state index < -0.39 is 5.56 Å². The maximum Gasteiger partial charge on any atom is 0.278 e. The lowest BCUT2D eigenvalue weighted by atomic mass is 10.1. The molecule has 1 aliphatic heterocycles. The molecule has 0 radical (unpaired) electrons. The molecule has 1 aliphatic rings. The van der Waals surface area contributed by atoms with Gasteiger partial charge < -0.3 is 24.8 Å². The Morgan fingerprint density at radius 1 is 1.30 bits per heavy atom. The summed E-state index contributed by atoms with van der Waals surface area (Å²) in [7, 11) is 4.85. The molecule has 3 aromatic rings. The van der Waals surface area contributed by atoms with Gasteiger partial charge in [0.05, 0.1) is 26.5 Å². The molecule has 1 unspecified atom stereocenters. The second-order valence-corrected chi connectivity index (χ2v) is 9.29. The molecule has 1 fully saturated rings. The molecule has 0 spiro atoms. The summed E-state index contributed by atoms with van der Waals surface area (Å²) in [4.78, 5) is 48.3. The number of ether oxygens (including phenoxy) is 1. The summed E-state index contributed by atoms with van der Waals surface area (Å²) in [6.45, 7) is 2.95. The predicted octanol–water partition coefficient (Wildman–Crippen LogP) is 1.74. The number of methoxy groups -OCH3 is 1. The van der Waals surface area contributed by atoms with Crippen molar-refractivity contribution in [1.29, 1.82) is 0 Å². The molecule has 0 bridgehead atoms. The number of fused-ring (bicyclic) bond motifs is 1. The molecule has 1 amide bonds. The number of nitrogens with two attached hydrogens (primary N) is 1. The van der Waals surface area contributed by atoms with E-state index >= 15 is 0 Å². The van der Waals surface area contributed by atoms with Crippen LogP contribution in [0.4, 0.5) is 5.82 Å². The van der Waals surface area contributed by atoms with Crippen LogP contribution in [0.15, 0.2) is 35.4 Å². The molecule has 2 N–H and O–H groups in total. The lowest BCUT2D eigenvalue weighted by Crippen LogP contribution is -2.44. The number of rotatable bonds is 7. The average molecular weight is 505 g/mol. The summed E-state index contributed by atoms with van der Waals surface area (Å²) >= 11 is 0. The van der Waals surface area contributed by atoms with Gasteiger partial charge in [0, 0.05) is 38.8 Å². The molecule has 10 heteroatoms. The lowest BCUT2D eigenvalue weighted by Gasteiger charge is -2.33. The number of carbonyl (C=O) groups is 2. The number of amides is 1. The van der Waals surface area contributed by atoms with Crippen LogP contribution in [0.5, 0.6) is 5.75 Å². The van der Waals surface area contributed by atoms with Crippen LogP contribution in [0.1, 0.15) is 40.5 Å². The van der Waals surface area contributed by atoms with E-state index in [0.717, 1.165) is 12.8 Å². The van der Waals surface area contributed by atoms with Crippen LogP contribution < -0.4 is 20.9 Å². The highest BCUT2D eigenvalue weighted by atomic mass is 16.5. The van der Waals surface area contributed by atoms with Crippen molar-refractivity contribution < 1.29 is 14.3 Å². The van der Waals surface area contributed by atoms with Gasteiger partial charge in [0.25, 0.3) is 11.5 Å². The third kappa shape index (κ3) is 5.08. The third-order valence-corrected chi connectivity index (χ3v) is 6.50. The van der Waals surface area contributed by atoms with E-state index in [0.29, 0.717) is 41.3 Å². The van der Waals surface area contributed by atoms with Crippen molar-refractivity contribution in [3.05, 3.63) is 52.1 Å². The lowest BCUT2D eigenvalue weighted by molar-refractivity contribution is 0.0829. The van der Waals surface area contributed by atoms with Gasteiger partial charge in [0.1, 0.15) is 28.2 Å². The van der Waals surface area contributed by atoms with Crippen molar-refractivity contribution >= 4 is 28.5 Å². The number of Topliss-reactive ketones (excluding diaryl/α,β-unsaturated/α-hetero) is 1. The molecule has 2 aromatic heterocycles. The molecule has 0 aliphatic carbocycles. The molecule has 4 rings (SSSR count). The first-order chi connectivity index (χ1) is 17.8. The monoisotopic (exact) mass is 504 g/mol. The van der Waals surface area contributed by atoms with Crippen molar-refractivity contribution in [2.75, 3.05) is 39.2 Å². The fourth-order valence-corrected chi connectivity index (χ4v) is 4.67. The van der Waals surface area contributed by atoms with Gasteiger partial charge in [-0.15, -0.1) is 5.92 Å². The van der Waals surface area contributed by atoms with Gasteiger partial charge >= 0.3 is 0 Å². The first-order valence-corrected chi connectivity index (χ1v) is 12.2. The maximum absolute atomic E-state index is 13.8. The topological polar surface area (TPSA) is 116 Å². The van der Waals surface area contributed by atoms with E-state index in [-0.39, 0.29) is 36.3 Å². The Kier molecular flexibility index (Phi) is 7.64. The van der Waals surface area contributed by atoms with Gasteiger partial charge in [-0.25, -0.2) is 4.98 Å². The molecule has 37 heavy (non-hydrogen) atoms. The highest BCUT2D eigenvalue weighted by Crippen LogP contribution is 2.33. The Morgan fingerprint density at radius 3 is 2.76 bits per heavy atom. The summed E-state index contributed by atoms with van der Waals surface area (Å²) in [6, 6.07) is 6.72. The molecule has 1 saturated heterocycles. The molecule has 0 saturated carbocycles. The fourth-order valence-electron chi connectivity index (χ4n) is 4.67. The minimum absolute atomic E-state index is 0.0510. The first-order valence-electron chi connectivity index (χ1n) is 12.2. The van der Waals surface area contributed by atoms with Crippen molar-refractivity contribution in [2.45, 2.75) is 38.9 Å². The summed E-state index contributed by atoms with van der Waals surface area (Å²) in [6.07, 6.45) is 3.08. The van der Waals surface area contributed by atoms with E-state index in [2.05, 4.69) is 21.7 Å². The number of nitrogens with zero attached hydrogens (tertiary/aromatic N) is 5. The largest absolute Gasteiger partial charge is 0.497 e. The number of aromatic nitrogens is 3. The first kappa shape index (κ1) is 26.0. The smallest absolute Gasteiger partial charge is 0.278 e. The number of anilines is 1. The fraction of sp³-hybridized carbons (Fsp3) is 0.407. The predicted molar refractivity (Wildman–Crippen MR) is 142 cm³/mol. The molecular formula is C27H32N6O4. The molecule has 3 heterocycles. The summed E-state index contributed by atoms with van der Waals surface area (Å²) < 4.78 is 8.24. The SMILES string of the molecule is CC#CCn1c(N2CCCC(N)C2)c(C(=O)N(C)C)c2ncn(CC(=O)c3cccc(OC)c3)c(=O)c21. The number of carbonyl (C=O) groups excluding carboxylic acids is 2. The number of ketones is 1. The molecular weight excluding hydrogens is 472 g/mol. The zero-order valence-electron chi connectivity index (χ0n) is 21.7. The summed E-state index contributed by atoms with van der Waals surface area (Å²) in [5, 5.41) is 0. The second kappa shape index (κ2) is 10.9. The number of benzene rings is 1. The minimum atomic E-state index is -0.417. The normalized spacial score (nSPS) is 15.3. The Balaban J connectivity index is 1.90. The highest BCUT2D eigenvalue weighted by molar-refractivity contribution is 6.10. The average Bonchev–Trinajstić information content (AvgIpc) is 3.23. The van der Waals surface area contributed by atoms with E-state index in [1.54, 1.807) is 49.9 Å². The van der Waals surface area contributed by atoms with E-state index in [9.17, 15) is 14.4 Å². The second-order valence-electron chi connectivity index (χ2n) is 9.29. The summed E-state index contributed by atoms with van der Waals surface area (Å²) in [5.41, 5.74) is 7.15. The third-order valence-electron chi connectivity index (χ3n) is 6.50. The maximum atomic E-state index is 13.8. The Labute approximate surface area is 215 Å². The van der Waals surface area contributed by atoms with E-state index in [1.165, 1.54) is 22.9 Å². The van der Waals surface area contributed by atoms with Gasteiger partial charge in [-0.2, -0.15) is 0 Å². The standard InChI is InChI=1S/C27H32N6O4/c1-5-6-13-33-24-23(22(26(35)30(2)3)25(33)31-12-8-10-19(28)15-31)29-17-32(27(24)36)16-21(34)18-9-7-11-20(14-18)37-4/h7,9,11,14,17,19H,8,10,12-13,15-16,28H2,1-4H3. The zero-order valence-corrected chi connectivity index (χ0v) is 21.7. The van der Waals surface area contributed by atoms with Crippen LogP contribution in [-0.2, 0) is 13.1 Å².